The number of benzene rings is 1. The molecule has 4 heteroatoms. The number of ether oxygens (including phenoxy) is 1. The summed E-state index contributed by atoms with van der Waals surface area (Å²) in [6.45, 7) is 0.643. The van der Waals surface area contributed by atoms with Crippen LogP contribution in [0.2, 0.25) is 5.02 Å². The monoisotopic (exact) mass is 291 g/mol. The molecule has 1 saturated carbocycles. The summed E-state index contributed by atoms with van der Waals surface area (Å²) < 4.78 is 5.43. The van der Waals surface area contributed by atoms with Crippen LogP contribution >= 0.6 is 11.6 Å². The van der Waals surface area contributed by atoms with Gasteiger partial charge in [-0.15, -0.1) is 0 Å². The lowest BCUT2D eigenvalue weighted by molar-refractivity contribution is -0.124. The van der Waals surface area contributed by atoms with Gasteiger partial charge in [0, 0.05) is 5.92 Å². The Balaban J connectivity index is 1.65. The first-order valence-corrected chi connectivity index (χ1v) is 7.26. The summed E-state index contributed by atoms with van der Waals surface area (Å²) in [4.78, 5) is 11.7. The molecule has 1 fully saturated rings. The molecular formula is C16H18ClNO2. The maximum absolute atomic E-state index is 11.7. The Morgan fingerprint density at radius 3 is 2.80 bits per heavy atom. The highest BCUT2D eigenvalue weighted by Gasteiger charge is 2.21. The minimum absolute atomic E-state index is 0.129. The predicted molar refractivity (Wildman–Crippen MR) is 79.7 cm³/mol. The second-order valence-electron chi connectivity index (χ2n) is 4.77. The SMILES string of the molecule is O=C(NCC#CCOc1ccccc1Cl)C1CCCC1. The number of para-hydroxylation sites is 1. The molecule has 0 aromatic heterocycles. The van der Waals surface area contributed by atoms with E-state index in [4.69, 9.17) is 16.3 Å². The molecule has 0 aliphatic heterocycles. The van der Waals surface area contributed by atoms with Gasteiger partial charge < -0.3 is 10.1 Å². The van der Waals surface area contributed by atoms with Crippen molar-refractivity contribution in [2.24, 2.45) is 5.92 Å². The molecule has 0 spiro atoms. The Labute approximate surface area is 124 Å². The number of hydrogen-bond donors (Lipinski definition) is 1. The number of halogens is 1. The van der Waals surface area contributed by atoms with Crippen LogP contribution in [0.15, 0.2) is 24.3 Å². The first-order chi connectivity index (χ1) is 9.77. The van der Waals surface area contributed by atoms with Gasteiger partial charge in [0.25, 0.3) is 0 Å². The lowest BCUT2D eigenvalue weighted by Crippen LogP contribution is -2.29. The van der Waals surface area contributed by atoms with Crippen molar-refractivity contribution in [2.75, 3.05) is 13.2 Å². The lowest BCUT2D eigenvalue weighted by atomic mass is 10.1. The summed E-state index contributed by atoms with van der Waals surface area (Å²) in [7, 11) is 0. The maximum atomic E-state index is 11.7. The van der Waals surface area contributed by atoms with E-state index in [0.29, 0.717) is 17.3 Å². The van der Waals surface area contributed by atoms with E-state index in [1.165, 1.54) is 0 Å². The van der Waals surface area contributed by atoms with Gasteiger partial charge in [0.1, 0.15) is 12.4 Å². The number of carbonyl (C=O) groups excluding carboxylic acids is 1. The second-order valence-corrected chi connectivity index (χ2v) is 5.18. The molecule has 2 rings (SSSR count). The Bertz CT molecular complexity index is 513. The van der Waals surface area contributed by atoms with Gasteiger partial charge in [-0.25, -0.2) is 0 Å². The average Bonchev–Trinajstić information content (AvgIpc) is 2.98. The third kappa shape index (κ3) is 4.47. The van der Waals surface area contributed by atoms with Crippen molar-refractivity contribution in [1.29, 1.82) is 0 Å². The molecular weight excluding hydrogens is 274 g/mol. The van der Waals surface area contributed by atoms with Crippen LogP contribution in [0.25, 0.3) is 0 Å². The first kappa shape index (κ1) is 14.7. The van der Waals surface area contributed by atoms with Crippen molar-refractivity contribution < 1.29 is 9.53 Å². The van der Waals surface area contributed by atoms with Gasteiger partial charge in [0.2, 0.25) is 5.91 Å². The number of nitrogens with one attached hydrogen (secondary N) is 1. The standard InChI is InChI=1S/C16H18ClNO2/c17-14-9-3-4-10-15(14)20-12-6-5-11-18-16(19)13-7-1-2-8-13/h3-4,9-10,13H,1-2,7-8,11-12H2,(H,18,19). The van der Waals surface area contributed by atoms with Gasteiger partial charge in [-0.2, -0.15) is 0 Å². The van der Waals surface area contributed by atoms with Crippen LogP contribution in [0.5, 0.6) is 5.75 Å². The number of rotatable bonds is 4. The Morgan fingerprint density at radius 2 is 2.05 bits per heavy atom. The average molecular weight is 292 g/mol. The molecule has 0 radical (unpaired) electrons. The van der Waals surface area contributed by atoms with Crippen molar-refractivity contribution >= 4 is 17.5 Å². The summed E-state index contributed by atoms with van der Waals surface area (Å²) in [5.41, 5.74) is 0. The molecule has 1 aromatic rings. The van der Waals surface area contributed by atoms with E-state index >= 15 is 0 Å². The zero-order valence-electron chi connectivity index (χ0n) is 11.3. The van der Waals surface area contributed by atoms with E-state index in [1.807, 2.05) is 12.1 Å². The van der Waals surface area contributed by atoms with Gasteiger partial charge >= 0.3 is 0 Å². The number of hydrogen-bond acceptors (Lipinski definition) is 2. The second kappa shape index (κ2) is 7.81. The first-order valence-electron chi connectivity index (χ1n) is 6.88. The highest BCUT2D eigenvalue weighted by Crippen LogP contribution is 2.24. The van der Waals surface area contributed by atoms with Crippen molar-refractivity contribution in [3.63, 3.8) is 0 Å². The van der Waals surface area contributed by atoms with Crippen molar-refractivity contribution in [2.45, 2.75) is 25.7 Å². The molecule has 1 N–H and O–H groups in total. The maximum Gasteiger partial charge on any atom is 0.223 e. The predicted octanol–water partition coefficient (Wildman–Crippen LogP) is 3.03. The molecule has 1 aliphatic carbocycles. The van der Waals surface area contributed by atoms with E-state index in [-0.39, 0.29) is 18.4 Å². The quantitative estimate of drug-likeness (QED) is 0.866. The molecule has 0 unspecified atom stereocenters. The van der Waals surface area contributed by atoms with Crippen molar-refractivity contribution in [1.82, 2.24) is 5.32 Å². The van der Waals surface area contributed by atoms with Gasteiger partial charge in [-0.05, 0) is 25.0 Å². The van der Waals surface area contributed by atoms with Crippen LogP contribution < -0.4 is 10.1 Å². The molecule has 1 aliphatic rings. The Hall–Kier alpha value is -1.66. The summed E-state index contributed by atoms with van der Waals surface area (Å²) in [5.74, 6) is 6.68. The Kier molecular flexibility index (Phi) is 5.76. The topological polar surface area (TPSA) is 38.3 Å². The fourth-order valence-electron chi connectivity index (χ4n) is 2.25. The molecule has 3 nitrogen and oxygen atoms in total. The van der Waals surface area contributed by atoms with Gasteiger partial charge in [0.15, 0.2) is 0 Å². The minimum Gasteiger partial charge on any atom is -0.479 e. The molecule has 0 atom stereocenters. The summed E-state index contributed by atoms with van der Waals surface area (Å²) in [6.07, 6.45) is 4.34. The lowest BCUT2D eigenvalue weighted by Gasteiger charge is -2.07. The largest absolute Gasteiger partial charge is 0.479 e. The molecule has 0 saturated heterocycles. The zero-order chi connectivity index (χ0) is 14.2. The molecule has 0 bridgehead atoms. The summed E-state index contributed by atoms with van der Waals surface area (Å²) in [6, 6.07) is 7.27. The molecule has 0 heterocycles. The molecule has 20 heavy (non-hydrogen) atoms. The van der Waals surface area contributed by atoms with Crippen LogP contribution in [0.3, 0.4) is 0 Å². The number of carbonyl (C=O) groups is 1. The summed E-state index contributed by atoms with van der Waals surface area (Å²) in [5, 5.41) is 3.41. The van der Waals surface area contributed by atoms with Gasteiger partial charge in [0.05, 0.1) is 11.6 Å². The Morgan fingerprint density at radius 1 is 1.30 bits per heavy atom. The number of amides is 1. The fourth-order valence-corrected chi connectivity index (χ4v) is 2.44. The van der Waals surface area contributed by atoms with Crippen LogP contribution in [0.1, 0.15) is 25.7 Å². The highest BCUT2D eigenvalue weighted by atomic mass is 35.5. The van der Waals surface area contributed by atoms with E-state index < -0.39 is 0 Å². The van der Waals surface area contributed by atoms with Gasteiger partial charge in [-0.1, -0.05) is 48.4 Å². The van der Waals surface area contributed by atoms with Crippen LogP contribution in [0, 0.1) is 17.8 Å². The van der Waals surface area contributed by atoms with Crippen LogP contribution in [-0.4, -0.2) is 19.1 Å². The van der Waals surface area contributed by atoms with Crippen LogP contribution in [-0.2, 0) is 4.79 Å². The molecule has 1 aromatic carbocycles. The third-order valence-corrected chi connectivity index (χ3v) is 3.65. The third-order valence-electron chi connectivity index (χ3n) is 3.34. The fraction of sp³-hybridized carbons (Fsp3) is 0.438. The van der Waals surface area contributed by atoms with E-state index in [2.05, 4.69) is 17.2 Å². The van der Waals surface area contributed by atoms with E-state index in [0.717, 1.165) is 25.7 Å². The molecule has 106 valence electrons. The smallest absolute Gasteiger partial charge is 0.223 e. The van der Waals surface area contributed by atoms with Crippen LogP contribution in [0.4, 0.5) is 0 Å². The van der Waals surface area contributed by atoms with Crippen molar-refractivity contribution in [3.05, 3.63) is 29.3 Å². The molecule has 1 amide bonds. The van der Waals surface area contributed by atoms with E-state index in [1.54, 1.807) is 12.1 Å². The normalized spacial score (nSPS) is 14.4. The van der Waals surface area contributed by atoms with Gasteiger partial charge in [-0.3, -0.25) is 4.79 Å². The van der Waals surface area contributed by atoms with E-state index in [9.17, 15) is 4.79 Å². The summed E-state index contributed by atoms with van der Waals surface area (Å²) >= 11 is 5.95. The highest BCUT2D eigenvalue weighted by molar-refractivity contribution is 6.32. The zero-order valence-corrected chi connectivity index (χ0v) is 12.1. The van der Waals surface area contributed by atoms with Crippen molar-refractivity contribution in [3.8, 4) is 17.6 Å². The minimum atomic E-state index is 0.129.